The number of aryl methyl sites for hydroxylation is 1. The van der Waals surface area contributed by atoms with Crippen LogP contribution in [-0.2, 0) is 6.42 Å². The van der Waals surface area contributed by atoms with E-state index in [1.54, 1.807) is 0 Å². The molecule has 0 aliphatic heterocycles. The highest BCUT2D eigenvalue weighted by molar-refractivity contribution is 6.10. The molecule has 0 amide bonds. The molecule has 0 fully saturated rings. The predicted molar refractivity (Wildman–Crippen MR) is 158 cm³/mol. The zero-order valence-corrected chi connectivity index (χ0v) is 22.1. The second-order valence-corrected chi connectivity index (χ2v) is 11.5. The Morgan fingerprint density at radius 1 is 0.658 bits per heavy atom. The number of fused-ring (bicyclic) bond motifs is 6. The average molecular weight is 496 g/mol. The van der Waals surface area contributed by atoms with E-state index in [0.717, 1.165) is 72.7 Å². The van der Waals surface area contributed by atoms with Crippen molar-refractivity contribution in [1.29, 1.82) is 0 Å². The first-order valence-electron chi connectivity index (χ1n) is 13.2. The van der Waals surface area contributed by atoms with Crippen LogP contribution >= 0.6 is 0 Å². The lowest BCUT2D eigenvalue weighted by Crippen LogP contribution is -2.10. The minimum Gasteiger partial charge on any atom is -0.456 e. The van der Waals surface area contributed by atoms with Gasteiger partial charge in [0.05, 0.1) is 5.69 Å². The molecule has 4 aromatic carbocycles. The summed E-state index contributed by atoms with van der Waals surface area (Å²) < 4.78 is 12.6. The Labute approximate surface area is 221 Å². The number of furan rings is 2. The Kier molecular flexibility index (Phi) is 4.99. The maximum atomic E-state index is 6.56. The molecule has 0 spiro atoms. The first-order valence-corrected chi connectivity index (χ1v) is 13.2. The third kappa shape index (κ3) is 3.78. The minimum atomic E-state index is 0.205. The van der Waals surface area contributed by atoms with Crippen LogP contribution < -0.4 is 0 Å². The van der Waals surface area contributed by atoms with E-state index in [1.807, 2.05) is 18.3 Å². The van der Waals surface area contributed by atoms with Gasteiger partial charge in [-0.25, -0.2) is 0 Å². The van der Waals surface area contributed by atoms with Gasteiger partial charge in [-0.15, -0.1) is 0 Å². The number of rotatable bonds is 3. The molecule has 0 atom stereocenters. The van der Waals surface area contributed by atoms with Gasteiger partial charge in [0.2, 0.25) is 0 Å². The Morgan fingerprint density at radius 3 is 2.26 bits per heavy atom. The van der Waals surface area contributed by atoms with Crippen LogP contribution in [0.1, 0.15) is 31.9 Å². The lowest BCUT2D eigenvalue weighted by molar-refractivity contribution is 0.410. The van der Waals surface area contributed by atoms with Crippen LogP contribution in [0.3, 0.4) is 0 Å². The predicted octanol–water partition coefficient (Wildman–Crippen LogP) is 10.1. The van der Waals surface area contributed by atoms with E-state index in [4.69, 9.17) is 13.8 Å². The lowest BCUT2D eigenvalue weighted by Gasteiger charge is -2.20. The molecule has 3 heteroatoms. The second kappa shape index (κ2) is 8.32. The van der Waals surface area contributed by atoms with E-state index in [-0.39, 0.29) is 5.41 Å². The van der Waals surface area contributed by atoms with E-state index in [0.29, 0.717) is 0 Å². The molecule has 186 valence electrons. The van der Waals surface area contributed by atoms with Gasteiger partial charge < -0.3 is 8.83 Å². The maximum absolute atomic E-state index is 6.56. The second-order valence-electron chi connectivity index (χ2n) is 11.5. The van der Waals surface area contributed by atoms with Gasteiger partial charge in [-0.2, -0.15) is 0 Å². The Hall–Kier alpha value is -4.37. The Morgan fingerprint density at radius 2 is 1.39 bits per heavy atom. The highest BCUT2D eigenvalue weighted by Gasteiger charge is 2.17. The van der Waals surface area contributed by atoms with Crippen molar-refractivity contribution < 1.29 is 8.83 Å². The average Bonchev–Trinajstić information content (AvgIpc) is 3.46. The molecule has 7 rings (SSSR count). The van der Waals surface area contributed by atoms with Gasteiger partial charge in [-0.1, -0.05) is 63.2 Å². The van der Waals surface area contributed by atoms with Gasteiger partial charge in [0, 0.05) is 33.3 Å². The van der Waals surface area contributed by atoms with Crippen LogP contribution in [0.2, 0.25) is 0 Å². The SMILES string of the molecule is Cc1cnc(-c2cccc3c2oc2cc(-c4ccc5oc6ccccc6c5c4)ccc23)cc1CC(C)(C)C. The third-order valence-corrected chi connectivity index (χ3v) is 7.42. The molecule has 0 aliphatic carbocycles. The molecule has 0 N–H and O–H groups in total. The van der Waals surface area contributed by atoms with Crippen molar-refractivity contribution >= 4 is 43.9 Å². The number of benzene rings is 4. The molecule has 38 heavy (non-hydrogen) atoms. The van der Waals surface area contributed by atoms with E-state index >= 15 is 0 Å². The fraction of sp³-hybridized carbons (Fsp3) is 0.171. The van der Waals surface area contributed by atoms with Crippen molar-refractivity contribution in [3.05, 3.63) is 102 Å². The molecular formula is C35H29NO2. The summed E-state index contributed by atoms with van der Waals surface area (Å²) in [6.45, 7) is 8.97. The van der Waals surface area contributed by atoms with Crippen LogP contribution in [-0.4, -0.2) is 4.98 Å². The van der Waals surface area contributed by atoms with Gasteiger partial charge in [0.1, 0.15) is 22.3 Å². The quantitative estimate of drug-likeness (QED) is 0.245. The molecule has 3 heterocycles. The van der Waals surface area contributed by atoms with Crippen molar-refractivity contribution in [2.45, 2.75) is 34.1 Å². The summed E-state index contributed by atoms with van der Waals surface area (Å²) in [5.41, 5.74) is 10.6. The number of nitrogens with zero attached hydrogens (tertiary/aromatic N) is 1. The van der Waals surface area contributed by atoms with E-state index < -0.39 is 0 Å². The summed E-state index contributed by atoms with van der Waals surface area (Å²) in [4.78, 5) is 4.80. The van der Waals surface area contributed by atoms with Gasteiger partial charge in [-0.05, 0) is 83.5 Å². The monoisotopic (exact) mass is 495 g/mol. The number of hydrogen-bond acceptors (Lipinski definition) is 3. The zero-order valence-electron chi connectivity index (χ0n) is 22.1. The Bertz CT molecular complexity index is 2000. The zero-order chi connectivity index (χ0) is 26.0. The maximum Gasteiger partial charge on any atom is 0.144 e. The van der Waals surface area contributed by atoms with Crippen LogP contribution in [0.25, 0.3) is 66.3 Å². The normalized spacial score (nSPS) is 12.3. The minimum absolute atomic E-state index is 0.205. The fourth-order valence-electron chi connectivity index (χ4n) is 5.56. The Balaban J connectivity index is 1.35. The molecule has 0 bridgehead atoms. The highest BCUT2D eigenvalue weighted by atomic mass is 16.3. The van der Waals surface area contributed by atoms with E-state index in [2.05, 4.69) is 100 Å². The molecule has 0 unspecified atom stereocenters. The van der Waals surface area contributed by atoms with Crippen LogP contribution in [0.4, 0.5) is 0 Å². The smallest absolute Gasteiger partial charge is 0.144 e. The molecule has 7 aromatic rings. The van der Waals surface area contributed by atoms with Gasteiger partial charge in [0.25, 0.3) is 0 Å². The standard InChI is InChI=1S/C35H29NO2/c1-21-20-36-30(17-24(21)19-35(2,3)4)28-10-7-9-27-26-14-12-23(18-33(26)38-34(27)28)22-13-15-32-29(16-22)25-8-5-6-11-31(25)37-32/h5-18,20H,19H2,1-4H3. The van der Waals surface area contributed by atoms with Crippen LogP contribution in [0.5, 0.6) is 0 Å². The van der Waals surface area contributed by atoms with Crippen molar-refractivity contribution in [1.82, 2.24) is 4.98 Å². The number of pyridine rings is 1. The summed E-state index contributed by atoms with van der Waals surface area (Å²) in [5.74, 6) is 0. The molecule has 0 aliphatic rings. The largest absolute Gasteiger partial charge is 0.456 e. The first-order chi connectivity index (χ1) is 18.3. The van der Waals surface area contributed by atoms with Crippen molar-refractivity contribution in [2.75, 3.05) is 0 Å². The van der Waals surface area contributed by atoms with Crippen LogP contribution in [0, 0.1) is 12.3 Å². The van der Waals surface area contributed by atoms with Gasteiger partial charge in [0.15, 0.2) is 0 Å². The molecule has 3 nitrogen and oxygen atoms in total. The van der Waals surface area contributed by atoms with Crippen LogP contribution in [0.15, 0.2) is 100.0 Å². The summed E-state index contributed by atoms with van der Waals surface area (Å²) in [6.07, 6.45) is 3.00. The topological polar surface area (TPSA) is 39.2 Å². The van der Waals surface area contributed by atoms with Crippen molar-refractivity contribution in [3.63, 3.8) is 0 Å². The molecule has 0 saturated carbocycles. The number of para-hydroxylation sites is 2. The van der Waals surface area contributed by atoms with Crippen molar-refractivity contribution in [3.8, 4) is 22.4 Å². The summed E-state index contributed by atoms with van der Waals surface area (Å²) in [5, 5.41) is 4.49. The molecular weight excluding hydrogens is 466 g/mol. The molecule has 0 saturated heterocycles. The molecule has 3 aromatic heterocycles. The molecule has 0 radical (unpaired) electrons. The van der Waals surface area contributed by atoms with Crippen molar-refractivity contribution in [2.24, 2.45) is 5.41 Å². The number of hydrogen-bond donors (Lipinski definition) is 0. The third-order valence-electron chi connectivity index (χ3n) is 7.42. The fourth-order valence-corrected chi connectivity index (χ4v) is 5.56. The lowest BCUT2D eigenvalue weighted by atomic mass is 9.86. The number of aromatic nitrogens is 1. The summed E-state index contributed by atoms with van der Waals surface area (Å²) >= 11 is 0. The first kappa shape index (κ1) is 22.8. The van der Waals surface area contributed by atoms with Gasteiger partial charge >= 0.3 is 0 Å². The summed E-state index contributed by atoms with van der Waals surface area (Å²) in [6, 6.07) is 29.7. The van der Waals surface area contributed by atoms with E-state index in [1.165, 1.54) is 11.1 Å². The van der Waals surface area contributed by atoms with Gasteiger partial charge in [-0.3, -0.25) is 4.98 Å². The summed E-state index contributed by atoms with van der Waals surface area (Å²) in [7, 11) is 0. The van der Waals surface area contributed by atoms with E-state index in [9.17, 15) is 0 Å². The highest BCUT2D eigenvalue weighted by Crippen LogP contribution is 2.39.